The molecule has 1 aliphatic heterocycles. The van der Waals surface area contributed by atoms with E-state index < -0.39 is 14.6 Å². The summed E-state index contributed by atoms with van der Waals surface area (Å²) in [6.07, 6.45) is 2.71. The molecule has 2 aromatic heterocycles. The highest BCUT2D eigenvalue weighted by Crippen LogP contribution is 2.55. The molecule has 0 amide bonds. The maximum Gasteiger partial charge on any atom is 0.189 e. The van der Waals surface area contributed by atoms with E-state index in [-0.39, 0.29) is 6.04 Å². The van der Waals surface area contributed by atoms with Crippen LogP contribution in [0, 0.1) is 6.92 Å². The number of sulfone groups is 1. The van der Waals surface area contributed by atoms with Gasteiger partial charge in [0.05, 0.1) is 47.4 Å². The van der Waals surface area contributed by atoms with Gasteiger partial charge in [0.15, 0.2) is 20.8 Å². The average molecular weight is 590 g/mol. The number of thiocarbonyl (C=S) groups is 1. The quantitative estimate of drug-likeness (QED) is 0.262. The second kappa shape index (κ2) is 10.8. The number of H-pyrrole nitrogens is 1. The molecule has 1 aliphatic carbocycles. The number of rotatable bonds is 7. The number of hydrogen-bond donors (Lipinski definition) is 3. The first-order chi connectivity index (χ1) is 19.8. The van der Waals surface area contributed by atoms with Gasteiger partial charge >= 0.3 is 0 Å². The second-order valence-corrected chi connectivity index (χ2v) is 13.1. The second-order valence-electron chi connectivity index (χ2n) is 10.4. The summed E-state index contributed by atoms with van der Waals surface area (Å²) in [5.74, 6) is 1.19. The maximum absolute atomic E-state index is 13.9. The lowest BCUT2D eigenvalue weighted by Gasteiger charge is -2.34. The summed E-state index contributed by atoms with van der Waals surface area (Å²) in [5.41, 5.74) is 3.78. The Morgan fingerprint density at radius 2 is 1.85 bits per heavy atom. The number of aromatic amines is 1. The topological polar surface area (TPSA) is 125 Å². The lowest BCUT2D eigenvalue weighted by Crippen LogP contribution is -2.44. The number of aryl methyl sites for hydroxylation is 1. The Balaban J connectivity index is 1.33. The van der Waals surface area contributed by atoms with Gasteiger partial charge in [-0.15, -0.1) is 0 Å². The standard InChI is InChI=1S/C29H31N7O3S2/c1-19-18-39-15-14-36(19)26-16-25(29(12-13-29)41(37,38)23-6-4-3-5-7-23)33-27(34-26)21-8-10-22(11-9-21)31-28(40)32-24-17-30-35-20(24)2/h3-11,16-17,19H,12-15,18H2,1-2H3,(H,30,35)(H2,31,32,40)/t19-/m0/s1. The van der Waals surface area contributed by atoms with Gasteiger partial charge < -0.3 is 20.3 Å². The Labute approximate surface area is 244 Å². The number of nitrogens with zero attached hydrogens (tertiary/aromatic N) is 4. The van der Waals surface area contributed by atoms with Crippen molar-refractivity contribution in [3.05, 3.63) is 78.2 Å². The number of aromatic nitrogens is 4. The fourth-order valence-corrected chi connectivity index (χ4v) is 7.29. The summed E-state index contributed by atoms with van der Waals surface area (Å²) in [4.78, 5) is 12.3. The lowest BCUT2D eigenvalue weighted by molar-refractivity contribution is 0.0985. The molecule has 6 rings (SSSR count). The predicted molar refractivity (Wildman–Crippen MR) is 163 cm³/mol. The van der Waals surface area contributed by atoms with E-state index in [1.807, 2.05) is 43.3 Å². The summed E-state index contributed by atoms with van der Waals surface area (Å²) in [7, 11) is -3.66. The predicted octanol–water partition coefficient (Wildman–Crippen LogP) is 4.67. The number of ether oxygens (including phenoxy) is 1. The molecule has 0 radical (unpaired) electrons. The molecule has 212 valence electrons. The summed E-state index contributed by atoms with van der Waals surface area (Å²) >= 11 is 5.45. The highest BCUT2D eigenvalue weighted by molar-refractivity contribution is 7.92. The molecule has 2 aliphatic rings. The van der Waals surface area contributed by atoms with Gasteiger partial charge in [-0.3, -0.25) is 5.10 Å². The molecule has 4 aromatic rings. The molecule has 0 unspecified atom stereocenters. The molecule has 2 aromatic carbocycles. The van der Waals surface area contributed by atoms with E-state index in [0.717, 1.165) is 22.6 Å². The smallest absolute Gasteiger partial charge is 0.189 e. The third kappa shape index (κ3) is 5.30. The Kier molecular flexibility index (Phi) is 7.22. The molecular weight excluding hydrogens is 558 g/mol. The van der Waals surface area contributed by atoms with Crippen molar-refractivity contribution in [3.8, 4) is 11.4 Å². The summed E-state index contributed by atoms with van der Waals surface area (Å²) in [6, 6.07) is 18.2. The lowest BCUT2D eigenvalue weighted by atomic mass is 10.1. The Hall–Kier alpha value is -3.87. The van der Waals surface area contributed by atoms with Crippen LogP contribution in [0.3, 0.4) is 0 Å². The summed E-state index contributed by atoms with van der Waals surface area (Å²) in [6.45, 7) is 5.81. The van der Waals surface area contributed by atoms with Gasteiger partial charge in [0.25, 0.3) is 0 Å². The molecule has 3 heterocycles. The minimum absolute atomic E-state index is 0.0965. The van der Waals surface area contributed by atoms with E-state index in [2.05, 4.69) is 32.7 Å². The first-order valence-electron chi connectivity index (χ1n) is 13.5. The monoisotopic (exact) mass is 589 g/mol. The third-order valence-electron chi connectivity index (χ3n) is 7.59. The van der Waals surface area contributed by atoms with Crippen LogP contribution in [0.1, 0.15) is 31.2 Å². The highest BCUT2D eigenvalue weighted by atomic mass is 32.2. The molecule has 3 N–H and O–H groups in total. The van der Waals surface area contributed by atoms with Crippen molar-refractivity contribution in [2.75, 3.05) is 35.3 Å². The molecular formula is C29H31N7O3S2. The molecule has 0 bridgehead atoms. The van der Waals surface area contributed by atoms with Gasteiger partial charge in [-0.25, -0.2) is 18.4 Å². The third-order valence-corrected chi connectivity index (χ3v) is 10.3. The van der Waals surface area contributed by atoms with Crippen LogP contribution in [-0.2, 0) is 19.3 Å². The van der Waals surface area contributed by atoms with E-state index in [4.69, 9.17) is 26.9 Å². The van der Waals surface area contributed by atoms with Crippen molar-refractivity contribution in [1.82, 2.24) is 20.2 Å². The van der Waals surface area contributed by atoms with Gasteiger partial charge in [-0.2, -0.15) is 5.10 Å². The maximum atomic E-state index is 13.9. The average Bonchev–Trinajstić information content (AvgIpc) is 3.72. The zero-order chi connectivity index (χ0) is 28.6. The molecule has 10 nitrogen and oxygen atoms in total. The highest BCUT2D eigenvalue weighted by Gasteiger charge is 2.58. The number of benzene rings is 2. The Morgan fingerprint density at radius 1 is 1.10 bits per heavy atom. The van der Waals surface area contributed by atoms with Crippen molar-refractivity contribution in [2.45, 2.75) is 42.4 Å². The van der Waals surface area contributed by atoms with E-state index in [1.165, 1.54) is 0 Å². The summed E-state index contributed by atoms with van der Waals surface area (Å²) in [5, 5.41) is 13.6. The Morgan fingerprint density at radius 3 is 2.51 bits per heavy atom. The molecule has 1 atom stereocenters. The van der Waals surface area contributed by atoms with Crippen LogP contribution >= 0.6 is 12.2 Å². The number of anilines is 3. The molecule has 2 fully saturated rings. The van der Waals surface area contributed by atoms with E-state index in [9.17, 15) is 8.42 Å². The van der Waals surface area contributed by atoms with Crippen molar-refractivity contribution >= 4 is 44.4 Å². The fourth-order valence-electron chi connectivity index (χ4n) is 5.08. The molecule has 41 heavy (non-hydrogen) atoms. The largest absolute Gasteiger partial charge is 0.377 e. The van der Waals surface area contributed by atoms with Crippen LogP contribution in [0.5, 0.6) is 0 Å². The van der Waals surface area contributed by atoms with Crippen LogP contribution in [0.15, 0.2) is 71.8 Å². The van der Waals surface area contributed by atoms with Crippen molar-refractivity contribution < 1.29 is 13.2 Å². The van der Waals surface area contributed by atoms with Crippen molar-refractivity contribution in [3.63, 3.8) is 0 Å². The first kappa shape index (κ1) is 27.3. The SMILES string of the molecule is Cc1[nH]ncc1NC(=S)Nc1ccc(-c2nc(N3CCOC[C@@H]3C)cc(C3(S(=O)(=O)c4ccccc4)CC3)n2)cc1. The van der Waals surface area contributed by atoms with Gasteiger partial charge in [-0.05, 0) is 75.3 Å². The molecule has 0 spiro atoms. The molecule has 1 saturated carbocycles. The minimum atomic E-state index is -3.66. The van der Waals surface area contributed by atoms with E-state index in [1.54, 1.807) is 30.5 Å². The van der Waals surface area contributed by atoms with Gasteiger partial charge in [-0.1, -0.05) is 18.2 Å². The summed E-state index contributed by atoms with van der Waals surface area (Å²) < 4.78 is 32.3. The molecule has 12 heteroatoms. The normalized spacial score (nSPS) is 18.1. The van der Waals surface area contributed by atoms with Crippen LogP contribution in [-0.4, -0.2) is 59.5 Å². The fraction of sp³-hybridized carbons (Fsp3) is 0.310. The van der Waals surface area contributed by atoms with Crippen molar-refractivity contribution in [1.29, 1.82) is 0 Å². The number of morpholine rings is 1. The van der Waals surface area contributed by atoms with Gasteiger partial charge in [0, 0.05) is 23.9 Å². The van der Waals surface area contributed by atoms with Crippen LogP contribution in [0.25, 0.3) is 11.4 Å². The van der Waals surface area contributed by atoms with Gasteiger partial charge in [0.2, 0.25) is 0 Å². The number of nitrogens with one attached hydrogen (secondary N) is 3. The Bertz CT molecular complexity index is 1670. The van der Waals surface area contributed by atoms with Crippen LogP contribution in [0.2, 0.25) is 0 Å². The van der Waals surface area contributed by atoms with Crippen molar-refractivity contribution in [2.24, 2.45) is 0 Å². The zero-order valence-corrected chi connectivity index (χ0v) is 24.4. The molecule has 1 saturated heterocycles. The van der Waals surface area contributed by atoms with Crippen LogP contribution in [0.4, 0.5) is 17.2 Å². The van der Waals surface area contributed by atoms with Crippen LogP contribution < -0.4 is 15.5 Å². The van der Waals surface area contributed by atoms with E-state index >= 15 is 0 Å². The number of hydrogen-bond acceptors (Lipinski definition) is 8. The first-order valence-corrected chi connectivity index (χ1v) is 15.4. The zero-order valence-electron chi connectivity index (χ0n) is 22.8. The van der Waals surface area contributed by atoms with E-state index in [0.29, 0.717) is 59.9 Å². The van der Waals surface area contributed by atoms with Gasteiger partial charge in [0.1, 0.15) is 10.6 Å². The minimum Gasteiger partial charge on any atom is -0.377 e.